The Morgan fingerprint density at radius 1 is 1.07 bits per heavy atom. The number of carbonyl (C=O) groups is 2. The molecule has 0 aliphatic carbocycles. The van der Waals surface area contributed by atoms with Crippen molar-refractivity contribution in [3.8, 4) is 11.5 Å². The molecule has 0 aliphatic heterocycles. The van der Waals surface area contributed by atoms with Gasteiger partial charge < -0.3 is 19.5 Å². The van der Waals surface area contributed by atoms with Gasteiger partial charge in [0, 0.05) is 9.92 Å². The van der Waals surface area contributed by atoms with Crippen LogP contribution in [0.15, 0.2) is 41.3 Å². The molecule has 0 bridgehead atoms. The van der Waals surface area contributed by atoms with E-state index in [1.54, 1.807) is 36.4 Å². The number of halogens is 1. The number of thioether (sulfide) groups is 1. The molecule has 1 atom stereocenters. The van der Waals surface area contributed by atoms with E-state index in [-0.39, 0.29) is 5.56 Å². The summed E-state index contributed by atoms with van der Waals surface area (Å²) in [7, 11) is 2.95. The highest BCUT2D eigenvalue weighted by Crippen LogP contribution is 2.28. The molecule has 0 saturated carbocycles. The van der Waals surface area contributed by atoms with Crippen molar-refractivity contribution in [2.24, 2.45) is 0 Å². The van der Waals surface area contributed by atoms with Crippen LogP contribution in [0.25, 0.3) is 0 Å². The Hall–Kier alpha value is -2.38. The van der Waals surface area contributed by atoms with Gasteiger partial charge in [0.15, 0.2) is 6.10 Å². The first kappa shape index (κ1) is 20.9. The number of nitrogens with one attached hydrogen (secondary N) is 1. The first-order chi connectivity index (χ1) is 12.9. The van der Waals surface area contributed by atoms with Gasteiger partial charge in [0.2, 0.25) is 0 Å². The van der Waals surface area contributed by atoms with E-state index in [1.165, 1.54) is 32.9 Å². The lowest BCUT2D eigenvalue weighted by Crippen LogP contribution is -2.30. The lowest BCUT2D eigenvalue weighted by molar-refractivity contribution is -0.123. The largest absolute Gasteiger partial charge is 0.496 e. The van der Waals surface area contributed by atoms with E-state index in [1.807, 2.05) is 6.26 Å². The molecule has 8 heteroatoms. The predicted octanol–water partition coefficient (Wildman–Crippen LogP) is 4.26. The van der Waals surface area contributed by atoms with E-state index in [0.29, 0.717) is 22.2 Å². The maximum atomic E-state index is 12.4. The van der Waals surface area contributed by atoms with Crippen LogP contribution >= 0.6 is 23.4 Å². The molecule has 2 aromatic carbocycles. The van der Waals surface area contributed by atoms with Crippen molar-refractivity contribution in [3.63, 3.8) is 0 Å². The minimum absolute atomic E-state index is 0.246. The van der Waals surface area contributed by atoms with Crippen molar-refractivity contribution < 1.29 is 23.8 Å². The Morgan fingerprint density at radius 2 is 1.78 bits per heavy atom. The van der Waals surface area contributed by atoms with Crippen LogP contribution < -0.4 is 14.8 Å². The molecule has 27 heavy (non-hydrogen) atoms. The van der Waals surface area contributed by atoms with Gasteiger partial charge in [0.25, 0.3) is 5.91 Å². The molecule has 0 aromatic heterocycles. The Bertz CT molecular complexity index is 843. The summed E-state index contributed by atoms with van der Waals surface area (Å²) in [5, 5.41) is 3.08. The standard InChI is InChI=1S/C19H20ClNO5S/c1-11(18(22)21-15-9-12(20)5-8-16(15)24-2)26-19(23)14-7-6-13(27-4)10-17(14)25-3/h5-11H,1-4H3,(H,21,22). The van der Waals surface area contributed by atoms with Crippen LogP contribution in [0, 0.1) is 0 Å². The van der Waals surface area contributed by atoms with Gasteiger partial charge in [0.1, 0.15) is 17.1 Å². The van der Waals surface area contributed by atoms with Crippen molar-refractivity contribution in [3.05, 3.63) is 47.0 Å². The SMILES string of the molecule is COc1ccc(Cl)cc1NC(=O)C(C)OC(=O)c1ccc(SC)cc1OC. The minimum atomic E-state index is -1.04. The number of anilines is 1. The van der Waals surface area contributed by atoms with Gasteiger partial charge in [-0.05, 0) is 49.6 Å². The van der Waals surface area contributed by atoms with Crippen LogP contribution in [0.4, 0.5) is 5.69 Å². The van der Waals surface area contributed by atoms with E-state index < -0.39 is 18.0 Å². The Morgan fingerprint density at radius 3 is 2.41 bits per heavy atom. The smallest absolute Gasteiger partial charge is 0.342 e. The summed E-state index contributed by atoms with van der Waals surface area (Å²) in [6, 6.07) is 9.96. The van der Waals surface area contributed by atoms with Crippen LogP contribution in [0.3, 0.4) is 0 Å². The average molecular weight is 410 g/mol. The molecule has 6 nitrogen and oxygen atoms in total. The third-order valence-corrected chi connectivity index (χ3v) is 4.66. The maximum Gasteiger partial charge on any atom is 0.342 e. The molecule has 0 fully saturated rings. The van der Waals surface area contributed by atoms with Crippen molar-refractivity contribution in [2.45, 2.75) is 17.9 Å². The summed E-state index contributed by atoms with van der Waals surface area (Å²) in [4.78, 5) is 25.8. The van der Waals surface area contributed by atoms with E-state index in [4.69, 9.17) is 25.8 Å². The lowest BCUT2D eigenvalue weighted by atomic mass is 10.2. The molecule has 0 heterocycles. The molecule has 144 valence electrons. The Labute approximate surface area is 167 Å². The molecule has 0 aliphatic rings. The molecule has 0 spiro atoms. The molecular weight excluding hydrogens is 390 g/mol. The summed E-state index contributed by atoms with van der Waals surface area (Å²) < 4.78 is 15.7. The summed E-state index contributed by atoms with van der Waals surface area (Å²) in [5.41, 5.74) is 0.634. The number of benzene rings is 2. The normalized spacial score (nSPS) is 11.4. The highest BCUT2D eigenvalue weighted by molar-refractivity contribution is 7.98. The second kappa shape index (κ2) is 9.53. The molecule has 1 unspecified atom stereocenters. The number of carbonyl (C=O) groups excluding carboxylic acids is 2. The molecule has 2 rings (SSSR count). The molecule has 1 N–H and O–H groups in total. The van der Waals surface area contributed by atoms with Gasteiger partial charge in [-0.2, -0.15) is 0 Å². The summed E-state index contributed by atoms with van der Waals surface area (Å²) in [6.07, 6.45) is 0.884. The van der Waals surface area contributed by atoms with Gasteiger partial charge in [-0.15, -0.1) is 11.8 Å². The monoisotopic (exact) mass is 409 g/mol. The zero-order chi connectivity index (χ0) is 20.0. The number of hydrogen-bond donors (Lipinski definition) is 1. The second-order valence-corrected chi connectivity index (χ2v) is 6.76. The third-order valence-electron chi connectivity index (χ3n) is 3.70. The van der Waals surface area contributed by atoms with Crippen molar-refractivity contribution in [2.75, 3.05) is 25.8 Å². The van der Waals surface area contributed by atoms with Gasteiger partial charge in [-0.25, -0.2) is 4.79 Å². The lowest BCUT2D eigenvalue weighted by Gasteiger charge is -2.16. The van der Waals surface area contributed by atoms with Crippen molar-refractivity contribution in [1.82, 2.24) is 0 Å². The highest BCUT2D eigenvalue weighted by Gasteiger charge is 2.22. The first-order valence-corrected chi connectivity index (χ1v) is 9.57. The molecule has 1 amide bonds. The van der Waals surface area contributed by atoms with E-state index in [0.717, 1.165) is 4.90 Å². The highest BCUT2D eigenvalue weighted by atomic mass is 35.5. The second-order valence-electron chi connectivity index (χ2n) is 5.45. The van der Waals surface area contributed by atoms with E-state index in [9.17, 15) is 9.59 Å². The van der Waals surface area contributed by atoms with Gasteiger partial charge >= 0.3 is 5.97 Å². The number of esters is 1. The van der Waals surface area contributed by atoms with Crippen LogP contribution in [0.1, 0.15) is 17.3 Å². The zero-order valence-corrected chi connectivity index (χ0v) is 16.9. The van der Waals surface area contributed by atoms with E-state index in [2.05, 4.69) is 5.32 Å². The van der Waals surface area contributed by atoms with Crippen LogP contribution in [-0.2, 0) is 9.53 Å². The maximum absolute atomic E-state index is 12.4. The molecule has 0 radical (unpaired) electrons. The molecule has 0 saturated heterocycles. The topological polar surface area (TPSA) is 73.9 Å². The first-order valence-electron chi connectivity index (χ1n) is 7.97. The summed E-state index contributed by atoms with van der Waals surface area (Å²) in [6.45, 7) is 1.48. The average Bonchev–Trinajstić information content (AvgIpc) is 2.67. The van der Waals surface area contributed by atoms with Crippen LogP contribution in [0.5, 0.6) is 11.5 Å². The Balaban J connectivity index is 2.10. The molecular formula is C19H20ClNO5S. The van der Waals surface area contributed by atoms with Gasteiger partial charge in [0.05, 0.1) is 19.9 Å². The predicted molar refractivity (Wildman–Crippen MR) is 106 cm³/mol. The zero-order valence-electron chi connectivity index (χ0n) is 15.4. The fourth-order valence-electron chi connectivity index (χ4n) is 2.26. The van der Waals surface area contributed by atoms with E-state index >= 15 is 0 Å². The fraction of sp³-hybridized carbons (Fsp3) is 0.263. The van der Waals surface area contributed by atoms with Crippen molar-refractivity contribution >= 4 is 40.9 Å². The fourth-order valence-corrected chi connectivity index (χ4v) is 2.86. The van der Waals surface area contributed by atoms with Gasteiger partial charge in [-0.3, -0.25) is 4.79 Å². The summed E-state index contributed by atoms with van der Waals surface area (Å²) >= 11 is 7.48. The number of rotatable bonds is 7. The molecule has 2 aromatic rings. The third kappa shape index (κ3) is 5.30. The van der Waals surface area contributed by atoms with Gasteiger partial charge in [-0.1, -0.05) is 11.6 Å². The number of methoxy groups -OCH3 is 2. The Kier molecular flexibility index (Phi) is 7.38. The number of ether oxygens (including phenoxy) is 3. The number of amides is 1. The number of hydrogen-bond acceptors (Lipinski definition) is 6. The van der Waals surface area contributed by atoms with Crippen LogP contribution in [-0.4, -0.2) is 38.5 Å². The minimum Gasteiger partial charge on any atom is -0.496 e. The quantitative estimate of drug-likeness (QED) is 0.544. The van der Waals surface area contributed by atoms with Crippen LogP contribution in [0.2, 0.25) is 5.02 Å². The van der Waals surface area contributed by atoms with Crippen molar-refractivity contribution in [1.29, 1.82) is 0 Å². The summed E-state index contributed by atoms with van der Waals surface area (Å²) in [5.74, 6) is -0.333.